The molecule has 1 aromatic heterocycles. The molecule has 0 bridgehead atoms. The standard InChI is InChI=1S/C25H40ClN5OS2Si/c1-15(2)13-17(14-32-35(7,8)24(4,5)6)25(34-16(3)18-11-9-10-12-19(18)26)30-21(27)20-22(31-25)29-23(28)33-20/h9-12,15-17,31H,13-14H2,1-8H3,(H2,27,30)(H2,28,29)/t16?,17-,25?/m1/s1. The van der Waals surface area contributed by atoms with Gasteiger partial charge in [0.1, 0.15) is 10.7 Å². The van der Waals surface area contributed by atoms with Crippen molar-refractivity contribution in [2.45, 2.75) is 76.3 Å². The van der Waals surface area contributed by atoms with Crippen LogP contribution in [0.2, 0.25) is 23.2 Å². The number of rotatable bonds is 9. The Bertz CT molecular complexity index is 1070. The maximum absolute atomic E-state index is 6.78. The fourth-order valence-corrected chi connectivity index (χ4v) is 7.58. The summed E-state index contributed by atoms with van der Waals surface area (Å²) in [5.41, 5.74) is 13.7. The molecule has 0 aliphatic carbocycles. The van der Waals surface area contributed by atoms with Gasteiger partial charge in [0.15, 0.2) is 24.3 Å². The van der Waals surface area contributed by atoms with Crippen molar-refractivity contribution >= 4 is 59.8 Å². The topological polar surface area (TPSA) is 98.5 Å². The molecule has 2 heterocycles. The van der Waals surface area contributed by atoms with E-state index in [0.29, 0.717) is 29.3 Å². The predicted octanol–water partition coefficient (Wildman–Crippen LogP) is 7.34. The average Bonchev–Trinajstić information content (AvgIpc) is 3.10. The summed E-state index contributed by atoms with van der Waals surface area (Å²) in [5, 5.41) is 5.04. The van der Waals surface area contributed by atoms with Crippen molar-refractivity contribution in [3.63, 3.8) is 0 Å². The minimum absolute atomic E-state index is 0.0428. The van der Waals surface area contributed by atoms with E-state index in [-0.39, 0.29) is 16.2 Å². The van der Waals surface area contributed by atoms with Crippen molar-refractivity contribution < 1.29 is 4.43 Å². The Morgan fingerprint density at radius 1 is 1.20 bits per heavy atom. The zero-order valence-electron chi connectivity index (χ0n) is 22.1. The van der Waals surface area contributed by atoms with Gasteiger partial charge in [-0.3, -0.25) is 0 Å². The van der Waals surface area contributed by atoms with Gasteiger partial charge in [0.2, 0.25) is 0 Å². The van der Waals surface area contributed by atoms with Crippen LogP contribution in [0.5, 0.6) is 0 Å². The molecule has 5 N–H and O–H groups in total. The van der Waals surface area contributed by atoms with Gasteiger partial charge in [-0.15, -0.1) is 11.8 Å². The van der Waals surface area contributed by atoms with Crippen molar-refractivity contribution in [3.05, 3.63) is 39.7 Å². The number of aromatic nitrogens is 1. The Labute approximate surface area is 224 Å². The lowest BCUT2D eigenvalue weighted by molar-refractivity contribution is 0.184. The molecule has 0 fully saturated rings. The number of nitrogens with zero attached hydrogens (tertiary/aromatic N) is 2. The van der Waals surface area contributed by atoms with Crippen LogP contribution in [0.15, 0.2) is 29.3 Å². The highest BCUT2D eigenvalue weighted by atomic mass is 35.5. The Morgan fingerprint density at radius 3 is 2.46 bits per heavy atom. The third-order valence-corrected chi connectivity index (χ3v) is 14.2. The second-order valence-corrected chi connectivity index (χ2v) is 19.0. The highest BCUT2D eigenvalue weighted by Gasteiger charge is 2.47. The summed E-state index contributed by atoms with van der Waals surface area (Å²) < 4.78 is 6.78. The molecule has 1 aromatic carbocycles. The number of benzene rings is 1. The molecule has 35 heavy (non-hydrogen) atoms. The first-order valence-corrected chi connectivity index (χ1v) is 17.1. The molecule has 0 spiro atoms. The van der Waals surface area contributed by atoms with Crippen molar-refractivity contribution in [2.75, 3.05) is 17.7 Å². The van der Waals surface area contributed by atoms with Gasteiger partial charge in [0, 0.05) is 22.8 Å². The van der Waals surface area contributed by atoms with Crippen LogP contribution in [0.25, 0.3) is 0 Å². The molecule has 2 unspecified atom stereocenters. The Morgan fingerprint density at radius 2 is 1.86 bits per heavy atom. The van der Waals surface area contributed by atoms with E-state index < -0.39 is 13.3 Å². The van der Waals surface area contributed by atoms with E-state index in [1.54, 1.807) is 11.8 Å². The van der Waals surface area contributed by atoms with Gasteiger partial charge in [0.25, 0.3) is 0 Å². The fraction of sp³-hybridized carbons (Fsp3) is 0.600. The highest BCUT2D eigenvalue weighted by molar-refractivity contribution is 8.01. The number of aliphatic imine (C=N–C) groups is 1. The minimum Gasteiger partial charge on any atom is -0.416 e. The van der Waals surface area contributed by atoms with Gasteiger partial charge in [-0.1, -0.05) is 75.8 Å². The van der Waals surface area contributed by atoms with E-state index in [1.807, 2.05) is 18.2 Å². The average molecular weight is 554 g/mol. The number of nitrogens with two attached hydrogens (primary N) is 2. The second kappa shape index (κ2) is 10.6. The first-order chi connectivity index (χ1) is 16.1. The fourth-order valence-electron chi connectivity index (χ4n) is 3.94. The number of hydrogen-bond acceptors (Lipinski definition) is 8. The zero-order chi connectivity index (χ0) is 26.2. The van der Waals surface area contributed by atoms with Crippen molar-refractivity contribution in [1.82, 2.24) is 4.98 Å². The van der Waals surface area contributed by atoms with Crippen molar-refractivity contribution in [2.24, 2.45) is 22.6 Å². The van der Waals surface area contributed by atoms with Crippen LogP contribution in [0, 0.1) is 11.8 Å². The smallest absolute Gasteiger partial charge is 0.191 e. The number of halogens is 1. The highest BCUT2D eigenvalue weighted by Crippen LogP contribution is 2.50. The number of nitrogen functional groups attached to an aromatic ring is 1. The molecule has 1 aliphatic heterocycles. The van der Waals surface area contributed by atoms with Crippen LogP contribution in [0.3, 0.4) is 0 Å². The maximum atomic E-state index is 6.78. The van der Waals surface area contributed by atoms with Gasteiger partial charge >= 0.3 is 0 Å². The van der Waals surface area contributed by atoms with Gasteiger partial charge in [-0.2, -0.15) is 0 Å². The van der Waals surface area contributed by atoms with E-state index in [1.165, 1.54) is 11.3 Å². The van der Waals surface area contributed by atoms with Crippen LogP contribution in [0.4, 0.5) is 10.9 Å². The molecule has 3 rings (SSSR count). The lowest BCUT2D eigenvalue weighted by atomic mass is 9.94. The van der Waals surface area contributed by atoms with E-state index in [2.05, 4.69) is 71.0 Å². The lowest BCUT2D eigenvalue weighted by Gasteiger charge is -2.44. The third kappa shape index (κ3) is 6.36. The Kier molecular flexibility index (Phi) is 8.59. The summed E-state index contributed by atoms with van der Waals surface area (Å²) in [4.78, 5) is 9.70. The quantitative estimate of drug-likeness (QED) is 0.281. The summed E-state index contributed by atoms with van der Waals surface area (Å²) in [5.74, 6) is 1.64. The molecular weight excluding hydrogens is 514 g/mol. The van der Waals surface area contributed by atoms with Crippen LogP contribution < -0.4 is 16.8 Å². The summed E-state index contributed by atoms with van der Waals surface area (Å²) in [6, 6.07) is 7.96. The Balaban J connectivity index is 2.06. The lowest BCUT2D eigenvalue weighted by Crippen LogP contribution is -2.50. The largest absolute Gasteiger partial charge is 0.416 e. The summed E-state index contributed by atoms with van der Waals surface area (Å²) >= 11 is 9.66. The normalized spacial score (nSPS) is 20.2. The molecule has 6 nitrogen and oxygen atoms in total. The molecule has 0 saturated carbocycles. The first kappa shape index (κ1) is 28.3. The molecule has 2 aromatic rings. The summed E-state index contributed by atoms with van der Waals surface area (Å²) in [6.07, 6.45) is 0.912. The van der Waals surface area contributed by atoms with Gasteiger partial charge < -0.3 is 21.2 Å². The van der Waals surface area contributed by atoms with Crippen molar-refractivity contribution in [3.8, 4) is 0 Å². The summed E-state index contributed by atoms with van der Waals surface area (Å²) in [7, 11) is -1.98. The van der Waals surface area contributed by atoms with Gasteiger partial charge in [0.05, 0.1) is 0 Å². The van der Waals surface area contributed by atoms with Gasteiger partial charge in [-0.25, -0.2) is 9.98 Å². The molecule has 0 radical (unpaired) electrons. The second-order valence-electron chi connectivity index (χ2n) is 11.2. The number of thioether (sulfide) groups is 1. The predicted molar refractivity (Wildman–Crippen MR) is 157 cm³/mol. The van der Waals surface area contributed by atoms with E-state index >= 15 is 0 Å². The van der Waals surface area contributed by atoms with Crippen LogP contribution in [-0.4, -0.2) is 30.7 Å². The van der Waals surface area contributed by atoms with Crippen LogP contribution >= 0.6 is 34.7 Å². The number of nitrogens with one attached hydrogen (secondary N) is 1. The number of hydrogen-bond donors (Lipinski definition) is 3. The monoisotopic (exact) mass is 553 g/mol. The third-order valence-electron chi connectivity index (χ3n) is 6.92. The molecule has 10 heteroatoms. The van der Waals surface area contributed by atoms with Crippen molar-refractivity contribution in [1.29, 1.82) is 0 Å². The summed E-state index contributed by atoms with van der Waals surface area (Å²) in [6.45, 7) is 18.6. The molecule has 0 amide bonds. The minimum atomic E-state index is -1.98. The Hall–Kier alpha value is -1.26. The SMILES string of the molecule is CC(C)C[C@H](CO[Si](C)(C)C(C)(C)C)C1(SC(C)c2ccccc2Cl)N=C(N)c2sc(N)nc2N1. The molecule has 3 atom stereocenters. The van der Waals surface area contributed by atoms with E-state index in [0.717, 1.165) is 21.9 Å². The zero-order valence-corrected chi connectivity index (χ0v) is 25.5. The maximum Gasteiger partial charge on any atom is 0.191 e. The molecule has 1 aliphatic rings. The van der Waals surface area contributed by atoms with E-state index in [4.69, 9.17) is 32.5 Å². The van der Waals surface area contributed by atoms with Crippen LogP contribution in [0.1, 0.15) is 63.7 Å². The first-order valence-electron chi connectivity index (χ1n) is 12.1. The number of fused-ring (bicyclic) bond motifs is 1. The number of anilines is 2. The number of thiazole rings is 1. The molecule has 194 valence electrons. The van der Waals surface area contributed by atoms with Gasteiger partial charge in [-0.05, 0) is 49.0 Å². The number of amidine groups is 1. The molecule has 0 saturated heterocycles. The van der Waals surface area contributed by atoms with Crippen LogP contribution in [-0.2, 0) is 4.43 Å². The molecular formula is C25H40ClN5OS2Si. The van der Waals surface area contributed by atoms with E-state index in [9.17, 15) is 0 Å².